The number of aryl methyl sites for hydroxylation is 1. The van der Waals surface area contributed by atoms with E-state index in [9.17, 15) is 18.3 Å². The summed E-state index contributed by atoms with van der Waals surface area (Å²) in [4.78, 5) is 0. The second kappa shape index (κ2) is 6.09. The summed E-state index contributed by atoms with van der Waals surface area (Å²) in [6.07, 6.45) is -0.379. The van der Waals surface area contributed by atoms with Crippen molar-refractivity contribution in [3.8, 4) is 0 Å². The van der Waals surface area contributed by atoms with E-state index in [4.69, 9.17) is 0 Å². The molecular formula is C16H15F3O. The van der Waals surface area contributed by atoms with Gasteiger partial charge in [-0.2, -0.15) is 0 Å². The average Bonchev–Trinajstić information content (AvgIpc) is 2.38. The molecular weight excluding hydrogens is 265 g/mol. The van der Waals surface area contributed by atoms with Gasteiger partial charge in [-0.25, -0.2) is 13.2 Å². The van der Waals surface area contributed by atoms with Gasteiger partial charge in [-0.3, -0.25) is 0 Å². The minimum absolute atomic E-state index is 0.0729. The molecule has 0 saturated carbocycles. The van der Waals surface area contributed by atoms with Crippen LogP contribution in [0.3, 0.4) is 0 Å². The van der Waals surface area contributed by atoms with Crippen LogP contribution in [0.5, 0.6) is 0 Å². The molecule has 0 spiro atoms. The fourth-order valence-electron chi connectivity index (χ4n) is 2.11. The largest absolute Gasteiger partial charge is 0.388 e. The molecule has 0 amide bonds. The quantitative estimate of drug-likeness (QED) is 0.899. The van der Waals surface area contributed by atoms with Gasteiger partial charge < -0.3 is 5.11 Å². The molecule has 0 bridgehead atoms. The van der Waals surface area contributed by atoms with Gasteiger partial charge in [0.15, 0.2) is 0 Å². The molecule has 1 nitrogen and oxygen atoms in total. The van der Waals surface area contributed by atoms with Gasteiger partial charge in [0.2, 0.25) is 0 Å². The summed E-state index contributed by atoms with van der Waals surface area (Å²) in [5.41, 5.74) is 1.41. The Kier molecular flexibility index (Phi) is 4.45. The summed E-state index contributed by atoms with van der Waals surface area (Å²) in [6.45, 7) is 2.02. The summed E-state index contributed by atoms with van der Waals surface area (Å²) >= 11 is 0. The van der Waals surface area contributed by atoms with E-state index in [1.54, 1.807) is 12.1 Å². The summed E-state index contributed by atoms with van der Waals surface area (Å²) in [5, 5.41) is 9.95. The first-order chi connectivity index (χ1) is 9.51. The van der Waals surface area contributed by atoms with Gasteiger partial charge in [0.1, 0.15) is 17.5 Å². The van der Waals surface area contributed by atoms with Gasteiger partial charge in [0.25, 0.3) is 0 Å². The molecule has 1 N–H and O–H groups in total. The van der Waals surface area contributed by atoms with E-state index in [0.717, 1.165) is 17.5 Å². The first-order valence-corrected chi connectivity index (χ1v) is 6.41. The SMILES string of the molecule is CCc1ccc(CC(O)c2c(F)cc(F)cc2F)cc1. The molecule has 0 heterocycles. The normalized spacial score (nSPS) is 12.4. The Bertz CT molecular complexity index is 570. The molecule has 0 aromatic heterocycles. The monoisotopic (exact) mass is 280 g/mol. The van der Waals surface area contributed by atoms with Crippen molar-refractivity contribution >= 4 is 0 Å². The molecule has 0 fully saturated rings. The van der Waals surface area contributed by atoms with E-state index in [-0.39, 0.29) is 6.42 Å². The lowest BCUT2D eigenvalue weighted by molar-refractivity contribution is 0.168. The third-order valence-corrected chi connectivity index (χ3v) is 3.24. The number of hydrogen-bond acceptors (Lipinski definition) is 1. The maximum Gasteiger partial charge on any atom is 0.134 e. The molecule has 0 saturated heterocycles. The molecule has 106 valence electrons. The Morgan fingerprint density at radius 3 is 1.95 bits per heavy atom. The van der Waals surface area contributed by atoms with Crippen LogP contribution >= 0.6 is 0 Å². The lowest BCUT2D eigenvalue weighted by atomic mass is 9.99. The van der Waals surface area contributed by atoms with Gasteiger partial charge >= 0.3 is 0 Å². The fourth-order valence-corrected chi connectivity index (χ4v) is 2.11. The van der Waals surface area contributed by atoms with Crippen molar-refractivity contribution in [3.05, 3.63) is 70.5 Å². The number of aliphatic hydroxyl groups excluding tert-OH is 1. The lowest BCUT2D eigenvalue weighted by Crippen LogP contribution is -2.08. The van der Waals surface area contributed by atoms with Crippen LogP contribution in [0.1, 0.15) is 29.7 Å². The predicted molar refractivity (Wildman–Crippen MR) is 70.8 cm³/mol. The van der Waals surface area contributed by atoms with E-state index in [2.05, 4.69) is 0 Å². The van der Waals surface area contributed by atoms with Crippen LogP contribution in [-0.4, -0.2) is 5.11 Å². The van der Waals surface area contributed by atoms with Crippen LogP contribution in [0.15, 0.2) is 36.4 Å². The minimum atomic E-state index is -1.34. The van der Waals surface area contributed by atoms with Gasteiger partial charge in [-0.1, -0.05) is 31.2 Å². The summed E-state index contributed by atoms with van der Waals surface area (Å²) in [6, 6.07) is 8.56. The van der Waals surface area contributed by atoms with Gasteiger partial charge in [-0.05, 0) is 17.5 Å². The Labute approximate surface area is 115 Å². The highest BCUT2D eigenvalue weighted by Crippen LogP contribution is 2.25. The molecule has 2 aromatic rings. The van der Waals surface area contributed by atoms with E-state index < -0.39 is 29.1 Å². The highest BCUT2D eigenvalue weighted by Gasteiger charge is 2.19. The molecule has 0 aliphatic heterocycles. The van der Waals surface area contributed by atoms with Crippen LogP contribution in [0.4, 0.5) is 13.2 Å². The van der Waals surface area contributed by atoms with Gasteiger partial charge in [0, 0.05) is 18.6 Å². The van der Waals surface area contributed by atoms with Crippen molar-refractivity contribution in [2.45, 2.75) is 25.9 Å². The number of aliphatic hydroxyl groups is 1. The smallest absolute Gasteiger partial charge is 0.134 e. The number of hydrogen-bond donors (Lipinski definition) is 1. The third kappa shape index (κ3) is 3.20. The zero-order valence-corrected chi connectivity index (χ0v) is 11.0. The molecule has 0 aliphatic carbocycles. The van der Waals surface area contributed by atoms with E-state index in [0.29, 0.717) is 12.1 Å². The second-order valence-electron chi connectivity index (χ2n) is 4.67. The molecule has 2 rings (SSSR count). The average molecular weight is 280 g/mol. The van der Waals surface area contributed by atoms with Crippen molar-refractivity contribution in [1.29, 1.82) is 0 Å². The van der Waals surface area contributed by atoms with Crippen molar-refractivity contribution in [2.75, 3.05) is 0 Å². The summed E-state index contributed by atoms with van der Waals surface area (Å²) in [5.74, 6) is -3.14. The summed E-state index contributed by atoms with van der Waals surface area (Å²) in [7, 11) is 0. The zero-order valence-electron chi connectivity index (χ0n) is 11.0. The Morgan fingerprint density at radius 2 is 1.45 bits per heavy atom. The third-order valence-electron chi connectivity index (χ3n) is 3.24. The van der Waals surface area contributed by atoms with Crippen LogP contribution in [0, 0.1) is 17.5 Å². The van der Waals surface area contributed by atoms with Crippen molar-refractivity contribution in [1.82, 2.24) is 0 Å². The number of benzene rings is 2. The van der Waals surface area contributed by atoms with Gasteiger partial charge in [0.05, 0.1) is 11.7 Å². The minimum Gasteiger partial charge on any atom is -0.388 e. The fraction of sp³-hybridized carbons (Fsp3) is 0.250. The first-order valence-electron chi connectivity index (χ1n) is 6.41. The maximum atomic E-state index is 13.5. The Morgan fingerprint density at radius 1 is 0.950 bits per heavy atom. The molecule has 0 radical (unpaired) electrons. The topological polar surface area (TPSA) is 20.2 Å². The number of rotatable bonds is 4. The van der Waals surface area contributed by atoms with E-state index in [1.165, 1.54) is 0 Å². The van der Waals surface area contributed by atoms with Gasteiger partial charge in [-0.15, -0.1) is 0 Å². The van der Waals surface area contributed by atoms with Crippen LogP contribution < -0.4 is 0 Å². The zero-order chi connectivity index (χ0) is 14.7. The molecule has 4 heteroatoms. The molecule has 0 aliphatic rings. The Balaban J connectivity index is 2.21. The second-order valence-corrected chi connectivity index (χ2v) is 4.67. The van der Waals surface area contributed by atoms with Crippen molar-refractivity contribution < 1.29 is 18.3 Å². The standard InChI is InChI=1S/C16H15F3O/c1-2-10-3-5-11(6-4-10)7-15(20)16-13(18)8-12(17)9-14(16)19/h3-6,8-9,15,20H,2,7H2,1H3. The predicted octanol–water partition coefficient (Wildman–Crippen LogP) is 3.94. The first kappa shape index (κ1) is 14.6. The van der Waals surface area contributed by atoms with Crippen molar-refractivity contribution in [2.24, 2.45) is 0 Å². The number of halogens is 3. The van der Waals surface area contributed by atoms with Crippen LogP contribution in [0.2, 0.25) is 0 Å². The lowest BCUT2D eigenvalue weighted by Gasteiger charge is -2.13. The Hall–Kier alpha value is -1.81. The van der Waals surface area contributed by atoms with E-state index >= 15 is 0 Å². The summed E-state index contributed by atoms with van der Waals surface area (Å²) < 4.78 is 39.9. The van der Waals surface area contributed by atoms with Crippen LogP contribution in [-0.2, 0) is 12.8 Å². The highest BCUT2D eigenvalue weighted by atomic mass is 19.1. The molecule has 1 unspecified atom stereocenters. The van der Waals surface area contributed by atoms with Crippen LogP contribution in [0.25, 0.3) is 0 Å². The maximum absolute atomic E-state index is 13.5. The van der Waals surface area contributed by atoms with E-state index in [1.807, 2.05) is 19.1 Å². The molecule has 1 atom stereocenters. The van der Waals surface area contributed by atoms with Crippen molar-refractivity contribution in [3.63, 3.8) is 0 Å². The molecule has 2 aromatic carbocycles. The highest BCUT2D eigenvalue weighted by molar-refractivity contribution is 5.27. The molecule has 20 heavy (non-hydrogen) atoms.